The third kappa shape index (κ3) is 2.35. The highest BCUT2D eigenvalue weighted by atomic mass is 79.9. The van der Waals surface area contributed by atoms with E-state index in [1.807, 2.05) is 0 Å². The Labute approximate surface area is 94.6 Å². The van der Waals surface area contributed by atoms with Crippen LogP contribution in [-0.4, -0.2) is 9.78 Å². The summed E-state index contributed by atoms with van der Waals surface area (Å²) >= 11 is 3.13. The topological polar surface area (TPSA) is 17.8 Å². The molecule has 0 bridgehead atoms. The molecule has 2 nitrogen and oxygen atoms in total. The van der Waals surface area contributed by atoms with E-state index in [-0.39, 0.29) is 5.56 Å². The minimum absolute atomic E-state index is 0.123. The minimum atomic E-state index is -4.40. The number of hydrogen-bond acceptors (Lipinski definition) is 1. The third-order valence-corrected chi connectivity index (χ3v) is 2.89. The highest BCUT2D eigenvalue weighted by Gasteiger charge is 2.38. The average Bonchev–Trinajstić information content (AvgIpc) is 2.26. The zero-order valence-corrected chi connectivity index (χ0v) is 10.5. The van der Waals surface area contributed by atoms with E-state index in [1.54, 1.807) is 20.8 Å². The van der Waals surface area contributed by atoms with Gasteiger partial charge in [-0.25, -0.2) is 0 Å². The van der Waals surface area contributed by atoms with Gasteiger partial charge in [0.25, 0.3) is 0 Å². The zero-order valence-electron chi connectivity index (χ0n) is 8.91. The predicted octanol–water partition coefficient (Wildman–Crippen LogP) is 3.73. The molecule has 0 amide bonds. The lowest BCUT2D eigenvalue weighted by Gasteiger charge is -2.20. The second-order valence-electron chi connectivity index (χ2n) is 4.34. The van der Waals surface area contributed by atoms with E-state index >= 15 is 0 Å². The highest BCUT2D eigenvalue weighted by Crippen LogP contribution is 2.35. The van der Waals surface area contributed by atoms with Gasteiger partial charge in [0.15, 0.2) is 5.69 Å². The quantitative estimate of drug-likeness (QED) is 0.710. The van der Waals surface area contributed by atoms with Crippen molar-refractivity contribution in [3.63, 3.8) is 0 Å². The SMILES string of the molecule is Cc1c(C(F)(F)F)nn(C(C)(C)C)c1Br. The lowest BCUT2D eigenvalue weighted by molar-refractivity contribution is -0.142. The molecule has 86 valence electrons. The maximum Gasteiger partial charge on any atom is 0.435 e. The van der Waals surface area contributed by atoms with Crippen LogP contribution in [-0.2, 0) is 11.7 Å². The van der Waals surface area contributed by atoms with Crippen LogP contribution in [0.5, 0.6) is 0 Å². The molecule has 0 aliphatic heterocycles. The zero-order chi connectivity index (χ0) is 12.0. The Morgan fingerprint density at radius 1 is 1.20 bits per heavy atom. The molecule has 0 atom stereocenters. The van der Waals surface area contributed by atoms with Crippen molar-refractivity contribution in [3.8, 4) is 0 Å². The van der Waals surface area contributed by atoms with Gasteiger partial charge < -0.3 is 0 Å². The molecule has 15 heavy (non-hydrogen) atoms. The molecule has 0 spiro atoms. The summed E-state index contributed by atoms with van der Waals surface area (Å²) in [5, 5.41) is 3.60. The van der Waals surface area contributed by atoms with Crippen LogP contribution in [0.15, 0.2) is 4.60 Å². The first kappa shape index (κ1) is 12.5. The van der Waals surface area contributed by atoms with Crippen molar-refractivity contribution in [2.45, 2.75) is 39.4 Å². The van der Waals surface area contributed by atoms with Crippen molar-refractivity contribution in [3.05, 3.63) is 15.9 Å². The van der Waals surface area contributed by atoms with Crippen molar-refractivity contribution < 1.29 is 13.2 Å². The van der Waals surface area contributed by atoms with E-state index in [2.05, 4.69) is 21.0 Å². The first-order valence-corrected chi connectivity index (χ1v) is 5.17. The number of halogens is 4. The normalized spacial score (nSPS) is 13.3. The smallest absolute Gasteiger partial charge is 0.252 e. The molecule has 0 aromatic carbocycles. The van der Waals surface area contributed by atoms with Crippen molar-refractivity contribution in [2.24, 2.45) is 0 Å². The Morgan fingerprint density at radius 2 is 1.67 bits per heavy atom. The lowest BCUT2D eigenvalue weighted by atomic mass is 10.1. The van der Waals surface area contributed by atoms with E-state index in [0.29, 0.717) is 4.60 Å². The van der Waals surface area contributed by atoms with Gasteiger partial charge in [-0.3, -0.25) is 4.68 Å². The van der Waals surface area contributed by atoms with E-state index in [0.717, 1.165) is 0 Å². The van der Waals surface area contributed by atoms with Crippen LogP contribution < -0.4 is 0 Å². The van der Waals surface area contributed by atoms with Crippen LogP contribution in [0.1, 0.15) is 32.0 Å². The number of rotatable bonds is 0. The summed E-state index contributed by atoms with van der Waals surface area (Å²) in [6.45, 7) is 6.79. The van der Waals surface area contributed by atoms with E-state index in [4.69, 9.17) is 0 Å². The van der Waals surface area contributed by atoms with Crippen LogP contribution in [0.4, 0.5) is 13.2 Å². The monoisotopic (exact) mass is 284 g/mol. The highest BCUT2D eigenvalue weighted by molar-refractivity contribution is 9.10. The minimum Gasteiger partial charge on any atom is -0.252 e. The fourth-order valence-electron chi connectivity index (χ4n) is 1.19. The Morgan fingerprint density at radius 3 is 1.87 bits per heavy atom. The van der Waals surface area contributed by atoms with Gasteiger partial charge in [0, 0.05) is 5.56 Å². The molecule has 0 aliphatic rings. The summed E-state index contributed by atoms with van der Waals surface area (Å²) in [7, 11) is 0. The lowest BCUT2D eigenvalue weighted by Crippen LogP contribution is -2.24. The fourth-order valence-corrected chi connectivity index (χ4v) is 1.99. The van der Waals surface area contributed by atoms with Gasteiger partial charge in [0.05, 0.1) is 5.54 Å². The summed E-state index contributed by atoms with van der Waals surface area (Å²) in [4.78, 5) is 0. The van der Waals surface area contributed by atoms with Crippen LogP contribution in [0.2, 0.25) is 0 Å². The van der Waals surface area contributed by atoms with Crippen LogP contribution in [0, 0.1) is 6.92 Å². The molecule has 1 aromatic heterocycles. The van der Waals surface area contributed by atoms with Crippen molar-refractivity contribution in [2.75, 3.05) is 0 Å². The van der Waals surface area contributed by atoms with Crippen LogP contribution in [0.25, 0.3) is 0 Å². The Balaban J connectivity index is 3.38. The van der Waals surface area contributed by atoms with Crippen molar-refractivity contribution >= 4 is 15.9 Å². The third-order valence-electron chi connectivity index (χ3n) is 1.95. The molecule has 0 N–H and O–H groups in total. The van der Waals surface area contributed by atoms with Gasteiger partial charge in [-0.05, 0) is 43.6 Å². The Bertz CT molecular complexity index is 339. The second kappa shape index (κ2) is 3.50. The fraction of sp³-hybridized carbons (Fsp3) is 0.667. The molecule has 0 saturated carbocycles. The molecule has 0 saturated heterocycles. The molecule has 0 aliphatic carbocycles. The summed E-state index contributed by atoms with van der Waals surface area (Å²) in [5.74, 6) is 0. The first-order chi connectivity index (χ1) is 6.55. The number of alkyl halides is 3. The molecule has 1 aromatic rings. The standard InChI is InChI=1S/C9H12BrF3N2/c1-5-6(9(11,12)13)14-15(7(5)10)8(2,3)4/h1-4H3. The average molecular weight is 285 g/mol. The number of nitrogens with zero attached hydrogens (tertiary/aromatic N) is 2. The molecular formula is C9H12BrF3N2. The second-order valence-corrected chi connectivity index (χ2v) is 5.10. The molecule has 0 unspecified atom stereocenters. The Hall–Kier alpha value is -0.520. The maximum absolute atomic E-state index is 12.5. The van der Waals surface area contributed by atoms with Gasteiger partial charge in [-0.1, -0.05) is 0 Å². The summed E-state index contributed by atoms with van der Waals surface area (Å²) < 4.78 is 39.3. The number of hydrogen-bond donors (Lipinski definition) is 0. The maximum atomic E-state index is 12.5. The van der Waals surface area contributed by atoms with Gasteiger partial charge in [-0.15, -0.1) is 0 Å². The molecule has 1 heterocycles. The van der Waals surface area contributed by atoms with Gasteiger partial charge in [0.2, 0.25) is 0 Å². The molecule has 6 heteroatoms. The van der Waals surface area contributed by atoms with Crippen LogP contribution >= 0.6 is 15.9 Å². The molecule has 1 rings (SSSR count). The number of aromatic nitrogens is 2. The predicted molar refractivity (Wildman–Crippen MR) is 54.7 cm³/mol. The molecular weight excluding hydrogens is 273 g/mol. The van der Waals surface area contributed by atoms with Crippen molar-refractivity contribution in [1.29, 1.82) is 0 Å². The van der Waals surface area contributed by atoms with Crippen LogP contribution in [0.3, 0.4) is 0 Å². The van der Waals surface area contributed by atoms with Gasteiger partial charge >= 0.3 is 6.18 Å². The Kier molecular flexibility index (Phi) is 2.93. The summed E-state index contributed by atoms with van der Waals surface area (Å²) in [6.07, 6.45) is -4.40. The van der Waals surface area contributed by atoms with E-state index < -0.39 is 17.4 Å². The molecule has 0 radical (unpaired) electrons. The van der Waals surface area contributed by atoms with Crippen molar-refractivity contribution in [1.82, 2.24) is 9.78 Å². The van der Waals surface area contributed by atoms with E-state index in [9.17, 15) is 13.2 Å². The van der Waals surface area contributed by atoms with E-state index in [1.165, 1.54) is 11.6 Å². The summed E-state index contributed by atoms with van der Waals surface area (Å²) in [5.41, 5.74) is -1.19. The molecule has 0 fully saturated rings. The van der Waals surface area contributed by atoms with Gasteiger partial charge in [-0.2, -0.15) is 18.3 Å². The first-order valence-electron chi connectivity index (χ1n) is 4.38. The largest absolute Gasteiger partial charge is 0.435 e. The van der Waals surface area contributed by atoms with Gasteiger partial charge in [0.1, 0.15) is 4.60 Å². The summed E-state index contributed by atoms with van der Waals surface area (Å²) in [6, 6.07) is 0.